The summed E-state index contributed by atoms with van der Waals surface area (Å²) in [5.74, 6) is 0. The van der Waals surface area contributed by atoms with Gasteiger partial charge in [0.05, 0.1) is 0 Å². The van der Waals surface area contributed by atoms with Gasteiger partial charge in [-0.15, -0.1) is 11.6 Å². The maximum atomic E-state index is 11.3. The molecule has 0 heterocycles. The van der Waals surface area contributed by atoms with Gasteiger partial charge < -0.3 is 4.79 Å². The Bertz CT molecular complexity index is 100. The molecular formula is C4H4ClF3O. The Labute approximate surface area is 54.8 Å². The molecule has 0 aliphatic rings. The van der Waals surface area contributed by atoms with Gasteiger partial charge in [0.25, 0.3) is 0 Å². The minimum Gasteiger partial charge on any atom is -0.303 e. The quantitative estimate of drug-likeness (QED) is 0.444. The van der Waals surface area contributed by atoms with Crippen molar-refractivity contribution in [2.75, 3.05) is 0 Å². The third-order valence-electron chi connectivity index (χ3n) is 0.658. The van der Waals surface area contributed by atoms with E-state index < -0.39 is 18.0 Å². The molecule has 0 bridgehead atoms. The van der Waals surface area contributed by atoms with Gasteiger partial charge in [-0.3, -0.25) is 0 Å². The zero-order chi connectivity index (χ0) is 7.49. The topological polar surface area (TPSA) is 17.1 Å². The van der Waals surface area contributed by atoms with Crippen LogP contribution < -0.4 is 0 Å². The molecule has 0 saturated carbocycles. The van der Waals surface area contributed by atoms with Crippen LogP contribution in [0.4, 0.5) is 13.2 Å². The smallest absolute Gasteiger partial charge is 0.303 e. The third-order valence-corrected chi connectivity index (χ3v) is 1.08. The van der Waals surface area contributed by atoms with E-state index >= 15 is 0 Å². The van der Waals surface area contributed by atoms with Crippen LogP contribution in [0.2, 0.25) is 0 Å². The second kappa shape index (κ2) is 3.06. The summed E-state index contributed by atoms with van der Waals surface area (Å²) in [4.78, 5) is 9.48. The molecule has 0 N–H and O–H groups in total. The average Bonchev–Trinajstić information content (AvgIpc) is 1.64. The zero-order valence-electron chi connectivity index (χ0n) is 4.28. The first-order valence-corrected chi connectivity index (χ1v) is 2.56. The van der Waals surface area contributed by atoms with Crippen LogP contribution in [-0.4, -0.2) is 17.8 Å². The van der Waals surface area contributed by atoms with Crippen LogP contribution in [0.1, 0.15) is 6.42 Å². The van der Waals surface area contributed by atoms with Crippen molar-refractivity contribution in [3.05, 3.63) is 0 Å². The van der Waals surface area contributed by atoms with Crippen molar-refractivity contribution >= 4 is 17.9 Å². The van der Waals surface area contributed by atoms with Gasteiger partial charge >= 0.3 is 6.18 Å². The van der Waals surface area contributed by atoms with Crippen molar-refractivity contribution in [1.29, 1.82) is 0 Å². The molecule has 0 radical (unpaired) electrons. The lowest BCUT2D eigenvalue weighted by molar-refractivity contribution is -0.136. The van der Waals surface area contributed by atoms with Gasteiger partial charge in [0.2, 0.25) is 0 Å². The van der Waals surface area contributed by atoms with Crippen LogP contribution in [0, 0.1) is 0 Å². The second-order valence-electron chi connectivity index (χ2n) is 1.41. The molecule has 9 heavy (non-hydrogen) atoms. The summed E-state index contributed by atoms with van der Waals surface area (Å²) in [6.07, 6.45) is -4.99. The largest absolute Gasteiger partial charge is 0.405 e. The van der Waals surface area contributed by atoms with E-state index in [0.29, 0.717) is 0 Å². The molecule has 0 aliphatic heterocycles. The van der Waals surface area contributed by atoms with Crippen LogP contribution >= 0.6 is 11.6 Å². The monoisotopic (exact) mass is 160 g/mol. The summed E-state index contributed by atoms with van der Waals surface area (Å²) in [6.45, 7) is 0. The van der Waals surface area contributed by atoms with E-state index in [-0.39, 0.29) is 6.29 Å². The summed E-state index contributed by atoms with van der Waals surface area (Å²) < 4.78 is 34.0. The first-order chi connectivity index (χ1) is 3.98. The predicted octanol–water partition coefficient (Wildman–Crippen LogP) is 1.75. The van der Waals surface area contributed by atoms with Crippen LogP contribution in [0.3, 0.4) is 0 Å². The van der Waals surface area contributed by atoms with Crippen LogP contribution in [0.25, 0.3) is 0 Å². The Morgan fingerprint density at radius 1 is 1.56 bits per heavy atom. The molecule has 1 nitrogen and oxygen atoms in total. The van der Waals surface area contributed by atoms with Crippen molar-refractivity contribution in [2.45, 2.75) is 18.0 Å². The van der Waals surface area contributed by atoms with Crippen LogP contribution in [-0.2, 0) is 4.79 Å². The Morgan fingerprint density at radius 2 is 2.00 bits per heavy atom. The van der Waals surface area contributed by atoms with E-state index in [2.05, 4.69) is 0 Å². The van der Waals surface area contributed by atoms with Crippen LogP contribution in [0.5, 0.6) is 0 Å². The summed E-state index contributed by atoms with van der Waals surface area (Å²) in [6, 6.07) is 0. The normalized spacial score (nSPS) is 15.1. The SMILES string of the molecule is O=CCC(Cl)C(F)(F)F. The van der Waals surface area contributed by atoms with Gasteiger partial charge in [-0.2, -0.15) is 13.2 Å². The molecule has 0 aromatic heterocycles. The molecule has 0 saturated heterocycles. The van der Waals surface area contributed by atoms with Gasteiger partial charge in [0, 0.05) is 6.42 Å². The summed E-state index contributed by atoms with van der Waals surface area (Å²) in [7, 11) is 0. The van der Waals surface area contributed by atoms with E-state index in [0.717, 1.165) is 0 Å². The first kappa shape index (κ1) is 8.75. The number of alkyl halides is 4. The molecule has 5 heteroatoms. The minimum absolute atomic E-state index is 0.144. The predicted molar refractivity (Wildman–Crippen MR) is 26.4 cm³/mol. The van der Waals surface area contributed by atoms with Crippen molar-refractivity contribution < 1.29 is 18.0 Å². The molecular weight excluding hydrogens is 156 g/mol. The highest BCUT2D eigenvalue weighted by molar-refractivity contribution is 6.21. The fourth-order valence-electron chi connectivity index (χ4n) is 0.218. The van der Waals surface area contributed by atoms with E-state index in [1.54, 1.807) is 0 Å². The van der Waals surface area contributed by atoms with Gasteiger partial charge in [0.1, 0.15) is 11.7 Å². The number of hydrogen-bond acceptors (Lipinski definition) is 1. The number of halogens is 4. The Kier molecular flexibility index (Phi) is 2.97. The molecule has 0 aliphatic carbocycles. The molecule has 0 rings (SSSR count). The maximum Gasteiger partial charge on any atom is 0.405 e. The lowest BCUT2D eigenvalue weighted by atomic mass is 10.3. The second-order valence-corrected chi connectivity index (χ2v) is 1.94. The highest BCUT2D eigenvalue weighted by Crippen LogP contribution is 2.26. The molecule has 1 unspecified atom stereocenters. The number of carbonyl (C=O) groups excluding carboxylic acids is 1. The highest BCUT2D eigenvalue weighted by atomic mass is 35.5. The number of carbonyl (C=O) groups is 1. The number of hydrogen-bond donors (Lipinski definition) is 0. The standard InChI is InChI=1S/C4H4ClF3O/c5-3(1-2-9)4(6,7)8/h2-3H,1H2. The lowest BCUT2D eigenvalue weighted by Crippen LogP contribution is -2.23. The van der Waals surface area contributed by atoms with Gasteiger partial charge in [-0.1, -0.05) is 0 Å². The zero-order valence-corrected chi connectivity index (χ0v) is 5.04. The van der Waals surface area contributed by atoms with Crippen molar-refractivity contribution in [3.8, 4) is 0 Å². The van der Waals surface area contributed by atoms with E-state index in [1.165, 1.54) is 0 Å². The van der Waals surface area contributed by atoms with Crippen molar-refractivity contribution in [3.63, 3.8) is 0 Å². The Hall–Kier alpha value is -0.250. The van der Waals surface area contributed by atoms with Gasteiger partial charge in [0.15, 0.2) is 0 Å². The van der Waals surface area contributed by atoms with E-state index in [4.69, 9.17) is 11.6 Å². The minimum atomic E-state index is -4.46. The first-order valence-electron chi connectivity index (χ1n) is 2.13. The summed E-state index contributed by atoms with van der Waals surface area (Å²) in [5.41, 5.74) is 0. The van der Waals surface area contributed by atoms with Crippen molar-refractivity contribution in [2.24, 2.45) is 0 Å². The highest BCUT2D eigenvalue weighted by Gasteiger charge is 2.37. The Balaban J connectivity index is 3.72. The average molecular weight is 161 g/mol. The van der Waals surface area contributed by atoms with Gasteiger partial charge in [-0.05, 0) is 0 Å². The van der Waals surface area contributed by atoms with E-state index in [1.807, 2.05) is 0 Å². The van der Waals surface area contributed by atoms with Crippen LogP contribution in [0.15, 0.2) is 0 Å². The Morgan fingerprint density at radius 3 is 2.11 bits per heavy atom. The molecule has 0 fully saturated rings. The fourth-order valence-corrected chi connectivity index (χ4v) is 0.291. The molecule has 0 aromatic carbocycles. The maximum absolute atomic E-state index is 11.3. The molecule has 0 aromatic rings. The number of rotatable bonds is 2. The number of aldehydes is 1. The van der Waals surface area contributed by atoms with Crippen molar-refractivity contribution in [1.82, 2.24) is 0 Å². The third kappa shape index (κ3) is 3.35. The van der Waals surface area contributed by atoms with Gasteiger partial charge in [-0.25, -0.2) is 0 Å². The fraction of sp³-hybridized carbons (Fsp3) is 0.750. The molecule has 1 atom stereocenters. The molecule has 0 spiro atoms. The summed E-state index contributed by atoms with van der Waals surface area (Å²) >= 11 is 4.70. The molecule has 54 valence electrons. The lowest BCUT2D eigenvalue weighted by Gasteiger charge is -2.08. The molecule has 0 amide bonds. The van der Waals surface area contributed by atoms with E-state index in [9.17, 15) is 18.0 Å². The summed E-state index contributed by atoms with van der Waals surface area (Å²) in [5, 5.41) is -2.03.